The second kappa shape index (κ2) is 8.81. The standard InChI is InChI=1S/C21H23N3O6/c1-4-20(25)23-9-5-6-13-7-8-14(10-16(13)23)22-21(26)15-11-18(29-2)19(30-3)12-17(15)24(27)28/h7-8,10-12H,4-6,9H2,1-3H3,(H,22,26). The molecular weight excluding hydrogens is 390 g/mol. The van der Waals surface area contributed by atoms with Gasteiger partial charge in [-0.25, -0.2) is 0 Å². The number of methoxy groups -OCH3 is 2. The summed E-state index contributed by atoms with van der Waals surface area (Å²) >= 11 is 0. The Labute approximate surface area is 173 Å². The molecule has 0 saturated carbocycles. The third kappa shape index (κ3) is 4.05. The maximum Gasteiger partial charge on any atom is 0.286 e. The van der Waals surface area contributed by atoms with Crippen molar-refractivity contribution >= 4 is 28.9 Å². The molecule has 0 spiro atoms. The largest absolute Gasteiger partial charge is 0.493 e. The number of nitrogens with zero attached hydrogens (tertiary/aromatic N) is 2. The molecule has 9 nitrogen and oxygen atoms in total. The Balaban J connectivity index is 1.95. The molecule has 9 heteroatoms. The minimum Gasteiger partial charge on any atom is -0.493 e. The van der Waals surface area contributed by atoms with Crippen molar-refractivity contribution in [1.29, 1.82) is 0 Å². The number of anilines is 2. The summed E-state index contributed by atoms with van der Waals surface area (Å²) in [7, 11) is 2.74. The number of benzene rings is 2. The Morgan fingerprint density at radius 3 is 2.50 bits per heavy atom. The van der Waals surface area contributed by atoms with Gasteiger partial charge >= 0.3 is 0 Å². The number of nitro groups is 1. The number of aryl methyl sites for hydroxylation is 1. The molecule has 0 radical (unpaired) electrons. The fraction of sp³-hybridized carbons (Fsp3) is 0.333. The van der Waals surface area contributed by atoms with Crippen LogP contribution in [0.1, 0.15) is 35.7 Å². The van der Waals surface area contributed by atoms with Crippen LogP contribution in [0.3, 0.4) is 0 Å². The fourth-order valence-corrected chi connectivity index (χ4v) is 3.50. The molecule has 1 aliphatic heterocycles. The van der Waals surface area contributed by atoms with E-state index in [0.29, 0.717) is 18.7 Å². The summed E-state index contributed by atoms with van der Waals surface area (Å²) in [5, 5.41) is 14.2. The highest BCUT2D eigenvalue weighted by atomic mass is 16.6. The number of hydrogen-bond donors (Lipinski definition) is 1. The monoisotopic (exact) mass is 413 g/mol. The second-order valence-corrected chi connectivity index (χ2v) is 6.78. The number of hydrogen-bond acceptors (Lipinski definition) is 6. The average Bonchev–Trinajstić information content (AvgIpc) is 2.76. The van der Waals surface area contributed by atoms with E-state index in [1.54, 1.807) is 24.0 Å². The summed E-state index contributed by atoms with van der Waals surface area (Å²) in [5.74, 6) is -0.289. The molecule has 2 amide bonds. The van der Waals surface area contributed by atoms with Gasteiger partial charge in [0.1, 0.15) is 5.56 Å². The van der Waals surface area contributed by atoms with Gasteiger partial charge in [-0.3, -0.25) is 19.7 Å². The van der Waals surface area contributed by atoms with E-state index in [-0.39, 0.29) is 23.0 Å². The quantitative estimate of drug-likeness (QED) is 0.573. The minimum absolute atomic E-state index is 0.00922. The summed E-state index contributed by atoms with van der Waals surface area (Å²) in [6.45, 7) is 2.43. The van der Waals surface area contributed by atoms with Crippen LogP contribution >= 0.6 is 0 Å². The van der Waals surface area contributed by atoms with Gasteiger partial charge in [-0.15, -0.1) is 0 Å². The maximum absolute atomic E-state index is 12.9. The minimum atomic E-state index is -0.660. The lowest BCUT2D eigenvalue weighted by atomic mass is 10.0. The molecule has 1 heterocycles. The second-order valence-electron chi connectivity index (χ2n) is 6.78. The van der Waals surface area contributed by atoms with Gasteiger partial charge in [0.05, 0.1) is 25.2 Å². The molecule has 158 valence electrons. The molecule has 2 aromatic rings. The predicted molar refractivity (Wildman–Crippen MR) is 112 cm³/mol. The summed E-state index contributed by atoms with van der Waals surface area (Å²) < 4.78 is 10.3. The molecule has 0 fully saturated rings. The Morgan fingerprint density at radius 1 is 1.17 bits per heavy atom. The number of rotatable bonds is 6. The van der Waals surface area contributed by atoms with Crippen molar-refractivity contribution in [2.24, 2.45) is 0 Å². The maximum atomic E-state index is 12.9. The smallest absolute Gasteiger partial charge is 0.286 e. The SMILES string of the molecule is CCC(=O)N1CCCc2ccc(NC(=O)c3cc(OC)c(OC)cc3[N+](=O)[O-])cc21. The Hall–Kier alpha value is -3.62. The molecule has 2 aromatic carbocycles. The zero-order valence-electron chi connectivity index (χ0n) is 17.1. The van der Waals surface area contributed by atoms with Gasteiger partial charge in [-0.05, 0) is 30.5 Å². The molecule has 0 aromatic heterocycles. The van der Waals surface area contributed by atoms with Gasteiger partial charge in [-0.2, -0.15) is 0 Å². The van der Waals surface area contributed by atoms with Crippen LogP contribution in [0.25, 0.3) is 0 Å². The first kappa shape index (κ1) is 21.1. The van der Waals surface area contributed by atoms with Crippen LogP contribution in [0.5, 0.6) is 11.5 Å². The highest BCUT2D eigenvalue weighted by Gasteiger charge is 2.26. The Morgan fingerprint density at radius 2 is 1.87 bits per heavy atom. The molecule has 0 bridgehead atoms. The van der Waals surface area contributed by atoms with Crippen LogP contribution < -0.4 is 19.7 Å². The number of carbonyl (C=O) groups is 2. The number of fused-ring (bicyclic) bond motifs is 1. The van der Waals surface area contributed by atoms with Crippen molar-refractivity contribution in [2.75, 3.05) is 31.0 Å². The fourth-order valence-electron chi connectivity index (χ4n) is 3.50. The van der Waals surface area contributed by atoms with Gasteiger partial charge < -0.3 is 19.7 Å². The van der Waals surface area contributed by atoms with E-state index in [1.165, 1.54) is 20.3 Å². The first-order chi connectivity index (χ1) is 14.4. The van der Waals surface area contributed by atoms with E-state index >= 15 is 0 Å². The number of carbonyl (C=O) groups excluding carboxylic acids is 2. The zero-order chi connectivity index (χ0) is 21.8. The van der Waals surface area contributed by atoms with E-state index in [2.05, 4.69) is 5.32 Å². The molecule has 3 rings (SSSR count). The highest BCUT2D eigenvalue weighted by Crippen LogP contribution is 2.35. The van der Waals surface area contributed by atoms with E-state index in [0.717, 1.165) is 30.2 Å². The topological polar surface area (TPSA) is 111 Å². The van der Waals surface area contributed by atoms with Crippen molar-refractivity contribution < 1.29 is 24.0 Å². The molecule has 0 atom stereocenters. The van der Waals surface area contributed by atoms with E-state index in [1.807, 2.05) is 6.07 Å². The zero-order valence-corrected chi connectivity index (χ0v) is 17.1. The van der Waals surface area contributed by atoms with Crippen LogP contribution in [0, 0.1) is 10.1 Å². The van der Waals surface area contributed by atoms with Crippen LogP contribution in [0.15, 0.2) is 30.3 Å². The molecule has 0 saturated heterocycles. The lowest BCUT2D eigenvalue weighted by Crippen LogP contribution is -2.35. The third-order valence-electron chi connectivity index (χ3n) is 5.01. The van der Waals surface area contributed by atoms with Gasteiger partial charge in [0, 0.05) is 30.4 Å². The number of nitro benzene ring substituents is 1. The van der Waals surface area contributed by atoms with Crippen molar-refractivity contribution in [3.05, 3.63) is 51.6 Å². The summed E-state index contributed by atoms with van der Waals surface area (Å²) in [6, 6.07) is 7.75. The van der Waals surface area contributed by atoms with Crippen molar-refractivity contribution in [1.82, 2.24) is 0 Å². The van der Waals surface area contributed by atoms with E-state index < -0.39 is 16.5 Å². The van der Waals surface area contributed by atoms with Gasteiger partial charge in [-0.1, -0.05) is 13.0 Å². The highest BCUT2D eigenvalue weighted by molar-refractivity contribution is 6.08. The lowest BCUT2D eigenvalue weighted by molar-refractivity contribution is -0.385. The van der Waals surface area contributed by atoms with Crippen LogP contribution in [-0.2, 0) is 11.2 Å². The first-order valence-electron chi connectivity index (χ1n) is 9.54. The van der Waals surface area contributed by atoms with Crippen LogP contribution in [0.4, 0.5) is 17.1 Å². The van der Waals surface area contributed by atoms with Gasteiger partial charge in [0.25, 0.3) is 11.6 Å². The molecule has 0 aliphatic carbocycles. The van der Waals surface area contributed by atoms with Crippen molar-refractivity contribution in [3.63, 3.8) is 0 Å². The number of amides is 2. The van der Waals surface area contributed by atoms with Crippen LogP contribution in [-0.4, -0.2) is 37.5 Å². The Bertz CT molecular complexity index is 1000. The Kier molecular flexibility index (Phi) is 6.20. The molecular formula is C21H23N3O6. The van der Waals surface area contributed by atoms with Crippen molar-refractivity contribution in [3.8, 4) is 11.5 Å². The summed E-state index contributed by atoms with van der Waals surface area (Å²) in [6.07, 6.45) is 2.11. The third-order valence-corrected chi connectivity index (χ3v) is 5.01. The van der Waals surface area contributed by atoms with Crippen molar-refractivity contribution in [2.45, 2.75) is 26.2 Å². The molecule has 0 unspecified atom stereocenters. The van der Waals surface area contributed by atoms with Gasteiger partial charge in [0.15, 0.2) is 11.5 Å². The predicted octanol–water partition coefficient (Wildman–Crippen LogP) is 3.55. The summed E-state index contributed by atoms with van der Waals surface area (Å²) in [4.78, 5) is 37.7. The molecule has 30 heavy (non-hydrogen) atoms. The lowest BCUT2D eigenvalue weighted by Gasteiger charge is -2.29. The van der Waals surface area contributed by atoms with Crippen LogP contribution in [0.2, 0.25) is 0 Å². The van der Waals surface area contributed by atoms with Gasteiger partial charge in [0.2, 0.25) is 5.91 Å². The molecule has 1 N–H and O–H groups in total. The average molecular weight is 413 g/mol. The first-order valence-corrected chi connectivity index (χ1v) is 9.54. The van der Waals surface area contributed by atoms with E-state index in [9.17, 15) is 19.7 Å². The normalized spacial score (nSPS) is 12.7. The number of ether oxygens (including phenoxy) is 2. The summed E-state index contributed by atoms with van der Waals surface area (Å²) in [5.41, 5.74) is 1.67. The number of nitrogens with one attached hydrogen (secondary N) is 1. The molecule has 1 aliphatic rings. The van der Waals surface area contributed by atoms with E-state index in [4.69, 9.17) is 9.47 Å².